The lowest BCUT2D eigenvalue weighted by molar-refractivity contribution is 0.0528. The van der Waals surface area contributed by atoms with Gasteiger partial charge in [-0.2, -0.15) is 0 Å². The number of amides is 1. The quantitative estimate of drug-likeness (QED) is 0.381. The molecule has 0 bridgehead atoms. The molecule has 0 unspecified atom stereocenters. The summed E-state index contributed by atoms with van der Waals surface area (Å²) in [6, 6.07) is 12.7. The second-order valence-corrected chi connectivity index (χ2v) is 9.62. The van der Waals surface area contributed by atoms with Crippen molar-refractivity contribution in [3.8, 4) is 0 Å². The number of ether oxygens (including phenoxy) is 1. The fourth-order valence-corrected chi connectivity index (χ4v) is 5.23. The lowest BCUT2D eigenvalue weighted by Crippen LogP contribution is -2.33. The van der Waals surface area contributed by atoms with E-state index >= 15 is 0 Å². The van der Waals surface area contributed by atoms with E-state index in [1.165, 1.54) is 27.4 Å². The molecule has 2 aromatic carbocycles. The van der Waals surface area contributed by atoms with Gasteiger partial charge in [-0.1, -0.05) is 34.1 Å². The smallest absolute Gasteiger partial charge is 0.407 e. The van der Waals surface area contributed by atoms with Crippen LogP contribution >= 0.6 is 46.3 Å². The number of hydrogen-bond acceptors (Lipinski definition) is 3. The molecule has 0 aliphatic carbocycles. The van der Waals surface area contributed by atoms with E-state index in [-0.39, 0.29) is 6.09 Å². The maximum absolute atomic E-state index is 11.9. The summed E-state index contributed by atoms with van der Waals surface area (Å²) in [5.74, 6) is 0. The molecule has 0 atom stereocenters. The van der Waals surface area contributed by atoms with E-state index < -0.39 is 5.60 Å². The van der Waals surface area contributed by atoms with Crippen molar-refractivity contribution in [3.63, 3.8) is 0 Å². The Bertz CT molecular complexity index is 965. The molecule has 3 aromatic rings. The fourth-order valence-electron chi connectivity index (χ4n) is 2.98. The molecular formula is C19H20BrIN2O2S. The predicted octanol–water partition coefficient (Wildman–Crippen LogP) is 6.47. The SMILES string of the molecule is CC(C)(C)OC(=O)NCCc1cc(Br)cc2c3ccccc3n(SI)c12. The number of rotatable bonds is 4. The summed E-state index contributed by atoms with van der Waals surface area (Å²) in [7, 11) is 1.66. The highest BCUT2D eigenvalue weighted by molar-refractivity contribution is 14.2. The monoisotopic (exact) mass is 546 g/mol. The Hall–Kier alpha value is -0.930. The van der Waals surface area contributed by atoms with Crippen molar-refractivity contribution in [1.82, 2.24) is 9.29 Å². The van der Waals surface area contributed by atoms with Gasteiger partial charge in [0.2, 0.25) is 0 Å². The van der Waals surface area contributed by atoms with Gasteiger partial charge in [0.05, 0.1) is 11.0 Å². The summed E-state index contributed by atoms with van der Waals surface area (Å²) in [5, 5.41) is 5.29. The van der Waals surface area contributed by atoms with Crippen LogP contribution in [-0.2, 0) is 11.2 Å². The van der Waals surface area contributed by atoms with Crippen LogP contribution in [0.4, 0.5) is 4.79 Å². The predicted molar refractivity (Wildman–Crippen MR) is 122 cm³/mol. The summed E-state index contributed by atoms with van der Waals surface area (Å²) >= 11 is 5.94. The van der Waals surface area contributed by atoms with Crippen molar-refractivity contribution in [2.75, 3.05) is 6.54 Å². The second kappa shape index (κ2) is 7.98. The summed E-state index contributed by atoms with van der Waals surface area (Å²) in [6.07, 6.45) is 0.343. The fraction of sp³-hybridized carbons (Fsp3) is 0.316. The molecule has 7 heteroatoms. The zero-order valence-corrected chi connectivity index (χ0v) is 19.4. The van der Waals surface area contributed by atoms with Crippen LogP contribution in [0.2, 0.25) is 0 Å². The zero-order valence-electron chi connectivity index (χ0n) is 14.8. The van der Waals surface area contributed by atoms with Crippen molar-refractivity contribution in [1.29, 1.82) is 0 Å². The van der Waals surface area contributed by atoms with E-state index in [4.69, 9.17) is 4.74 Å². The van der Waals surface area contributed by atoms with Crippen LogP contribution in [0, 0.1) is 0 Å². The van der Waals surface area contributed by atoms with Gasteiger partial charge in [0.15, 0.2) is 0 Å². The highest BCUT2D eigenvalue weighted by atomic mass is 127. The molecule has 1 aromatic heterocycles. The van der Waals surface area contributed by atoms with Crippen LogP contribution in [0.3, 0.4) is 0 Å². The molecule has 3 rings (SSSR count). The molecule has 138 valence electrons. The number of halogens is 2. The molecule has 0 fully saturated rings. The number of fused-ring (bicyclic) bond motifs is 3. The van der Waals surface area contributed by atoms with Crippen LogP contribution in [0.15, 0.2) is 40.9 Å². The summed E-state index contributed by atoms with van der Waals surface area (Å²) in [6.45, 7) is 6.11. The molecule has 1 heterocycles. The lowest BCUT2D eigenvalue weighted by Gasteiger charge is -2.19. The van der Waals surface area contributed by atoms with Crippen LogP contribution in [0.1, 0.15) is 26.3 Å². The van der Waals surface area contributed by atoms with Crippen molar-refractivity contribution < 1.29 is 9.53 Å². The largest absolute Gasteiger partial charge is 0.444 e. The van der Waals surface area contributed by atoms with Crippen LogP contribution < -0.4 is 5.32 Å². The van der Waals surface area contributed by atoms with E-state index in [0.29, 0.717) is 6.54 Å². The van der Waals surface area contributed by atoms with Crippen molar-refractivity contribution in [2.24, 2.45) is 0 Å². The summed E-state index contributed by atoms with van der Waals surface area (Å²) in [4.78, 5) is 11.9. The molecule has 0 spiro atoms. The molecule has 26 heavy (non-hydrogen) atoms. The maximum Gasteiger partial charge on any atom is 0.407 e. The molecule has 4 nitrogen and oxygen atoms in total. The number of alkyl carbamates (subject to hydrolysis) is 1. The van der Waals surface area contributed by atoms with Crippen molar-refractivity contribution in [3.05, 3.63) is 46.4 Å². The van der Waals surface area contributed by atoms with Crippen LogP contribution in [-0.4, -0.2) is 22.2 Å². The highest BCUT2D eigenvalue weighted by Crippen LogP contribution is 2.38. The Balaban J connectivity index is 1.92. The Labute approximate surface area is 177 Å². The van der Waals surface area contributed by atoms with Crippen LogP contribution in [0.5, 0.6) is 0 Å². The summed E-state index contributed by atoms with van der Waals surface area (Å²) < 4.78 is 8.60. The minimum atomic E-state index is -0.489. The van der Waals surface area contributed by atoms with Crippen LogP contribution in [0.25, 0.3) is 21.8 Å². The van der Waals surface area contributed by atoms with Gasteiger partial charge in [-0.25, -0.2) is 4.79 Å². The Morgan fingerprint density at radius 1 is 1.27 bits per heavy atom. The first-order valence-corrected chi connectivity index (χ1v) is 12.4. The molecule has 0 saturated heterocycles. The van der Waals surface area contributed by atoms with E-state index in [2.05, 4.69) is 82.8 Å². The van der Waals surface area contributed by atoms with Gasteiger partial charge in [-0.05, 0) is 51.0 Å². The Morgan fingerprint density at radius 2 is 2.00 bits per heavy atom. The minimum absolute atomic E-state index is 0.382. The molecule has 1 N–H and O–H groups in total. The summed E-state index contributed by atoms with van der Waals surface area (Å²) in [5.41, 5.74) is 3.09. The number of carbonyl (C=O) groups is 1. The average molecular weight is 547 g/mol. The highest BCUT2D eigenvalue weighted by Gasteiger charge is 2.17. The standard InChI is InChI=1S/C19H20BrIN2O2S/c1-19(2,3)25-18(24)22-9-8-12-10-13(20)11-15-14-6-4-5-7-16(14)23(26-21)17(12)15/h4-7,10-11H,8-9H2,1-3H3,(H,22,24). The second-order valence-electron chi connectivity index (χ2n) is 7.02. The van der Waals surface area contributed by atoms with E-state index in [0.717, 1.165) is 10.9 Å². The lowest BCUT2D eigenvalue weighted by atomic mass is 10.1. The maximum atomic E-state index is 11.9. The van der Waals surface area contributed by atoms with E-state index in [1.807, 2.05) is 20.8 Å². The topological polar surface area (TPSA) is 43.3 Å². The normalized spacial score (nSPS) is 11.9. The van der Waals surface area contributed by atoms with Gasteiger partial charge >= 0.3 is 6.09 Å². The van der Waals surface area contributed by atoms with E-state index in [1.54, 1.807) is 9.12 Å². The number of nitrogens with zero attached hydrogens (tertiary/aromatic N) is 1. The number of carbonyl (C=O) groups excluding carboxylic acids is 1. The van der Waals surface area contributed by atoms with Gasteiger partial charge in [0, 0.05) is 52.1 Å². The third-order valence-electron chi connectivity index (χ3n) is 3.90. The van der Waals surface area contributed by atoms with Gasteiger partial charge in [0.1, 0.15) is 5.60 Å². The zero-order chi connectivity index (χ0) is 18.9. The first kappa shape index (κ1) is 19.8. The molecule has 0 saturated carbocycles. The molecule has 0 aliphatic heterocycles. The molecule has 0 aliphatic rings. The Morgan fingerprint density at radius 3 is 2.69 bits per heavy atom. The molecular weight excluding hydrogens is 527 g/mol. The minimum Gasteiger partial charge on any atom is -0.444 e. The first-order chi connectivity index (χ1) is 12.3. The van der Waals surface area contributed by atoms with Gasteiger partial charge < -0.3 is 10.1 Å². The number of hydrogen-bond donors (Lipinski definition) is 1. The number of benzene rings is 2. The van der Waals surface area contributed by atoms with Gasteiger partial charge in [0.25, 0.3) is 0 Å². The van der Waals surface area contributed by atoms with Gasteiger partial charge in [-0.15, -0.1) is 0 Å². The third kappa shape index (κ3) is 4.31. The number of aromatic nitrogens is 1. The third-order valence-corrected chi connectivity index (χ3v) is 6.06. The number of nitrogens with one attached hydrogen (secondary N) is 1. The average Bonchev–Trinajstić information content (AvgIpc) is 2.87. The first-order valence-electron chi connectivity index (χ1n) is 8.27. The van der Waals surface area contributed by atoms with Gasteiger partial charge in [-0.3, -0.25) is 3.97 Å². The number of para-hydroxylation sites is 1. The van der Waals surface area contributed by atoms with Crippen molar-refractivity contribution in [2.45, 2.75) is 32.8 Å². The molecule has 0 radical (unpaired) electrons. The van der Waals surface area contributed by atoms with Crippen molar-refractivity contribution >= 4 is 74.2 Å². The Kier molecular flexibility index (Phi) is 6.08. The molecule has 1 amide bonds. The van der Waals surface area contributed by atoms with E-state index in [9.17, 15) is 4.79 Å².